The lowest BCUT2D eigenvalue weighted by Gasteiger charge is -2.33. The second-order valence-corrected chi connectivity index (χ2v) is 12.2. The van der Waals surface area contributed by atoms with Crippen LogP contribution in [-0.4, -0.2) is 102 Å². The molecule has 3 aromatic rings. The van der Waals surface area contributed by atoms with Gasteiger partial charge in [-0.25, -0.2) is 19.3 Å². The summed E-state index contributed by atoms with van der Waals surface area (Å²) in [7, 11) is 2.12. The SMILES string of the molecule is C[C@H](C(=O)NCCc1cccc(N2CCN(C)CC2)n1)N1Cc2c(F)cc(-c3nc(NC4CCOCC4)ncc3Cl)cc2C1=O. The van der Waals surface area contributed by atoms with Crippen molar-refractivity contribution in [2.45, 2.75) is 44.8 Å². The number of benzene rings is 1. The standard InChI is InChI=1S/C32H38ClFN8O3/c1-20(30(43)35-9-6-22-4-3-5-28(37-22)41-12-10-40(2)11-13-41)42-19-25-24(31(42)44)16-21(17-27(25)34)29-26(33)18-36-32(39-29)38-23-7-14-45-15-8-23/h3-5,16-18,20,23H,6-15,19H2,1-2H3,(H,35,43)(H,36,38,39)/t20-/m1/s1. The molecule has 45 heavy (non-hydrogen) atoms. The van der Waals surface area contributed by atoms with E-state index in [1.807, 2.05) is 18.2 Å². The lowest BCUT2D eigenvalue weighted by atomic mass is 10.0. The van der Waals surface area contributed by atoms with Crippen LogP contribution < -0.4 is 15.5 Å². The van der Waals surface area contributed by atoms with Crippen LogP contribution in [0.25, 0.3) is 11.3 Å². The van der Waals surface area contributed by atoms with Crippen LogP contribution in [0, 0.1) is 5.82 Å². The first-order valence-corrected chi connectivity index (χ1v) is 15.8. The summed E-state index contributed by atoms with van der Waals surface area (Å²) in [4.78, 5) is 46.1. The molecule has 2 N–H and O–H groups in total. The second kappa shape index (κ2) is 13.6. The number of aromatic nitrogens is 3. The van der Waals surface area contributed by atoms with E-state index in [-0.39, 0.29) is 34.6 Å². The number of anilines is 2. The number of nitrogens with zero attached hydrogens (tertiary/aromatic N) is 6. The number of likely N-dealkylation sites (N-methyl/N-ethyl adjacent to an activating group) is 1. The third kappa shape index (κ3) is 7.03. The highest BCUT2D eigenvalue weighted by Crippen LogP contribution is 2.34. The molecule has 1 aromatic carbocycles. The Bertz CT molecular complexity index is 1560. The summed E-state index contributed by atoms with van der Waals surface area (Å²) in [5.41, 5.74) is 2.02. The van der Waals surface area contributed by atoms with Crippen molar-refractivity contribution in [3.8, 4) is 11.3 Å². The van der Waals surface area contributed by atoms with Gasteiger partial charge in [0.2, 0.25) is 11.9 Å². The van der Waals surface area contributed by atoms with Gasteiger partial charge in [0, 0.05) is 80.8 Å². The molecule has 2 fully saturated rings. The predicted molar refractivity (Wildman–Crippen MR) is 170 cm³/mol. The van der Waals surface area contributed by atoms with E-state index in [1.54, 1.807) is 13.0 Å². The molecular formula is C32H38ClFN8O3. The first-order valence-electron chi connectivity index (χ1n) is 15.4. The average molecular weight is 637 g/mol. The highest BCUT2D eigenvalue weighted by Gasteiger charge is 2.36. The number of rotatable bonds is 9. The summed E-state index contributed by atoms with van der Waals surface area (Å²) in [6.07, 6.45) is 3.67. The fourth-order valence-electron chi connectivity index (χ4n) is 5.92. The number of ether oxygens (including phenoxy) is 1. The maximum atomic E-state index is 15.4. The van der Waals surface area contributed by atoms with Gasteiger partial charge in [0.25, 0.3) is 5.91 Å². The molecule has 13 heteroatoms. The third-order valence-electron chi connectivity index (χ3n) is 8.73. The predicted octanol–water partition coefficient (Wildman–Crippen LogP) is 3.38. The molecule has 0 spiro atoms. The monoisotopic (exact) mass is 636 g/mol. The summed E-state index contributed by atoms with van der Waals surface area (Å²) in [6.45, 7) is 7.18. The van der Waals surface area contributed by atoms with E-state index in [0.717, 1.165) is 50.5 Å². The second-order valence-electron chi connectivity index (χ2n) is 11.8. The Kier molecular flexibility index (Phi) is 9.43. The number of nitrogens with one attached hydrogen (secondary N) is 2. The molecule has 0 bridgehead atoms. The Morgan fingerprint density at radius 3 is 2.71 bits per heavy atom. The van der Waals surface area contributed by atoms with Crippen LogP contribution in [0.3, 0.4) is 0 Å². The number of carbonyl (C=O) groups excluding carboxylic acids is 2. The minimum Gasteiger partial charge on any atom is -0.381 e. The van der Waals surface area contributed by atoms with Crippen LogP contribution in [0.1, 0.15) is 41.4 Å². The normalized spacial score (nSPS) is 18.2. The number of halogens is 2. The molecule has 2 saturated heterocycles. The summed E-state index contributed by atoms with van der Waals surface area (Å²) in [6, 6.07) is 8.24. The minimum absolute atomic E-state index is 0.00243. The van der Waals surface area contributed by atoms with Gasteiger partial charge >= 0.3 is 0 Å². The van der Waals surface area contributed by atoms with Gasteiger partial charge in [-0.1, -0.05) is 17.7 Å². The fourth-order valence-corrected chi connectivity index (χ4v) is 6.12. The van der Waals surface area contributed by atoms with Crippen molar-refractivity contribution in [3.63, 3.8) is 0 Å². The quantitative estimate of drug-likeness (QED) is 0.365. The zero-order valence-corrected chi connectivity index (χ0v) is 26.3. The van der Waals surface area contributed by atoms with E-state index < -0.39 is 17.8 Å². The molecule has 2 amide bonds. The van der Waals surface area contributed by atoms with Crippen molar-refractivity contribution < 1.29 is 18.7 Å². The molecule has 11 nitrogen and oxygen atoms in total. The smallest absolute Gasteiger partial charge is 0.255 e. The Morgan fingerprint density at radius 2 is 1.93 bits per heavy atom. The molecule has 238 valence electrons. The topological polar surface area (TPSA) is 116 Å². The number of pyridine rings is 1. The lowest BCUT2D eigenvalue weighted by Crippen LogP contribution is -2.45. The molecule has 6 rings (SSSR count). The van der Waals surface area contributed by atoms with Crippen molar-refractivity contribution in [1.82, 2.24) is 30.1 Å². The van der Waals surface area contributed by atoms with Crippen molar-refractivity contribution in [1.29, 1.82) is 0 Å². The molecule has 2 aromatic heterocycles. The zero-order chi connectivity index (χ0) is 31.5. The van der Waals surface area contributed by atoms with Gasteiger partial charge in [0.05, 0.1) is 23.5 Å². The molecule has 0 unspecified atom stereocenters. The summed E-state index contributed by atoms with van der Waals surface area (Å²) < 4.78 is 20.8. The zero-order valence-electron chi connectivity index (χ0n) is 25.6. The van der Waals surface area contributed by atoms with Crippen LogP contribution in [-0.2, 0) is 22.5 Å². The Hall–Kier alpha value is -3.87. The van der Waals surface area contributed by atoms with Gasteiger partial charge in [-0.3, -0.25) is 9.59 Å². The third-order valence-corrected chi connectivity index (χ3v) is 9.01. The first-order chi connectivity index (χ1) is 21.8. The fraction of sp³-hybridized carbons (Fsp3) is 0.469. The maximum absolute atomic E-state index is 15.4. The number of carbonyl (C=O) groups is 2. The highest BCUT2D eigenvalue weighted by atomic mass is 35.5. The molecule has 1 atom stereocenters. The van der Waals surface area contributed by atoms with E-state index in [2.05, 4.69) is 37.4 Å². The Morgan fingerprint density at radius 1 is 1.16 bits per heavy atom. The number of amides is 2. The summed E-state index contributed by atoms with van der Waals surface area (Å²) >= 11 is 6.43. The van der Waals surface area contributed by atoms with Gasteiger partial charge in [-0.2, -0.15) is 0 Å². The van der Waals surface area contributed by atoms with Crippen molar-refractivity contribution >= 4 is 35.2 Å². The molecule has 3 aliphatic rings. The largest absolute Gasteiger partial charge is 0.381 e. The van der Waals surface area contributed by atoms with E-state index in [0.29, 0.717) is 43.4 Å². The molecule has 0 radical (unpaired) electrons. The maximum Gasteiger partial charge on any atom is 0.255 e. The van der Waals surface area contributed by atoms with Gasteiger partial charge < -0.3 is 30.1 Å². The molecular weight excluding hydrogens is 599 g/mol. The average Bonchev–Trinajstić information content (AvgIpc) is 3.39. The summed E-state index contributed by atoms with van der Waals surface area (Å²) in [5.74, 6) is 0.0418. The van der Waals surface area contributed by atoms with Gasteiger partial charge in [0.1, 0.15) is 17.7 Å². The first kappa shape index (κ1) is 31.1. The van der Waals surface area contributed by atoms with E-state index in [1.165, 1.54) is 17.2 Å². The minimum atomic E-state index is -0.796. The molecule has 3 aliphatic heterocycles. The van der Waals surface area contributed by atoms with Crippen molar-refractivity contribution in [3.05, 3.63) is 64.2 Å². The van der Waals surface area contributed by atoms with E-state index in [9.17, 15) is 9.59 Å². The number of hydrogen-bond acceptors (Lipinski definition) is 9. The number of hydrogen-bond donors (Lipinski definition) is 2. The number of piperazine rings is 1. The lowest BCUT2D eigenvalue weighted by molar-refractivity contribution is -0.125. The van der Waals surface area contributed by atoms with E-state index in [4.69, 9.17) is 21.3 Å². The molecule has 0 aliphatic carbocycles. The van der Waals surface area contributed by atoms with Gasteiger partial charge in [-0.05, 0) is 51.1 Å². The van der Waals surface area contributed by atoms with Gasteiger partial charge in [0.15, 0.2) is 0 Å². The van der Waals surface area contributed by atoms with Crippen LogP contribution in [0.15, 0.2) is 36.5 Å². The van der Waals surface area contributed by atoms with Crippen LogP contribution in [0.2, 0.25) is 5.02 Å². The van der Waals surface area contributed by atoms with Crippen LogP contribution in [0.4, 0.5) is 16.2 Å². The summed E-state index contributed by atoms with van der Waals surface area (Å²) in [5, 5.41) is 6.46. The van der Waals surface area contributed by atoms with Crippen LogP contribution in [0.5, 0.6) is 0 Å². The van der Waals surface area contributed by atoms with Crippen molar-refractivity contribution in [2.24, 2.45) is 0 Å². The van der Waals surface area contributed by atoms with E-state index >= 15 is 4.39 Å². The van der Waals surface area contributed by atoms with Crippen molar-refractivity contribution in [2.75, 3.05) is 63.2 Å². The Labute approximate surface area is 267 Å². The van der Waals surface area contributed by atoms with Gasteiger partial charge in [-0.15, -0.1) is 0 Å². The highest BCUT2D eigenvalue weighted by molar-refractivity contribution is 6.33. The molecule has 0 saturated carbocycles. The van der Waals surface area contributed by atoms with Crippen LogP contribution >= 0.6 is 11.6 Å². The Balaban J connectivity index is 1.08. The number of fused-ring (bicyclic) bond motifs is 1. The molecule has 5 heterocycles.